The van der Waals surface area contributed by atoms with Crippen molar-refractivity contribution < 1.29 is 9.59 Å². The van der Waals surface area contributed by atoms with Gasteiger partial charge in [-0.25, -0.2) is 4.98 Å². The topological polar surface area (TPSA) is 111 Å². The van der Waals surface area contributed by atoms with Gasteiger partial charge in [-0.1, -0.05) is 11.6 Å². The number of nitrogen functional groups attached to an aromatic ring is 1. The SMILES string of the molecule is NC(=O)CCNC(=O)c1nc(N)ccc1Cl. The molecule has 0 bridgehead atoms. The number of nitrogens with two attached hydrogens (primary N) is 2. The predicted molar refractivity (Wildman–Crippen MR) is 59.8 cm³/mol. The van der Waals surface area contributed by atoms with Crippen LogP contribution in [-0.2, 0) is 4.79 Å². The van der Waals surface area contributed by atoms with Gasteiger partial charge in [-0.2, -0.15) is 0 Å². The highest BCUT2D eigenvalue weighted by atomic mass is 35.5. The highest BCUT2D eigenvalue weighted by Gasteiger charge is 2.12. The van der Waals surface area contributed by atoms with Crippen molar-refractivity contribution in [2.75, 3.05) is 12.3 Å². The molecule has 0 fully saturated rings. The highest BCUT2D eigenvalue weighted by Crippen LogP contribution is 2.14. The number of primary amides is 1. The number of rotatable bonds is 4. The third-order valence-electron chi connectivity index (χ3n) is 1.74. The van der Waals surface area contributed by atoms with Crippen molar-refractivity contribution in [3.63, 3.8) is 0 Å². The summed E-state index contributed by atoms with van der Waals surface area (Å²) in [6.45, 7) is 0.140. The molecule has 0 saturated carbocycles. The van der Waals surface area contributed by atoms with Crippen LogP contribution < -0.4 is 16.8 Å². The molecule has 2 amide bonds. The van der Waals surface area contributed by atoms with E-state index in [-0.39, 0.29) is 29.5 Å². The summed E-state index contributed by atoms with van der Waals surface area (Å²) in [5, 5.41) is 2.66. The van der Waals surface area contributed by atoms with Crippen LogP contribution in [0.1, 0.15) is 16.9 Å². The molecule has 6 nitrogen and oxygen atoms in total. The standard InChI is InChI=1S/C9H11ClN4O2/c10-5-1-2-6(11)14-8(5)9(16)13-4-3-7(12)15/h1-2H,3-4H2,(H2,11,14)(H2,12,15)(H,13,16). The fourth-order valence-electron chi connectivity index (χ4n) is 0.999. The summed E-state index contributed by atoms with van der Waals surface area (Å²) in [5.74, 6) is -0.782. The molecule has 0 aliphatic rings. The number of nitrogens with zero attached hydrogens (tertiary/aromatic N) is 1. The largest absolute Gasteiger partial charge is 0.384 e. The molecule has 7 heteroatoms. The number of nitrogens with one attached hydrogen (secondary N) is 1. The van der Waals surface area contributed by atoms with E-state index in [0.717, 1.165) is 0 Å². The molecule has 1 aromatic rings. The van der Waals surface area contributed by atoms with Gasteiger partial charge in [-0.15, -0.1) is 0 Å². The number of pyridine rings is 1. The average Bonchev–Trinajstić information content (AvgIpc) is 2.21. The molecule has 0 saturated heterocycles. The van der Waals surface area contributed by atoms with Crippen molar-refractivity contribution >= 4 is 29.2 Å². The Kier molecular flexibility index (Phi) is 4.07. The van der Waals surface area contributed by atoms with Crippen LogP contribution >= 0.6 is 11.6 Å². The van der Waals surface area contributed by atoms with Crippen LogP contribution in [0, 0.1) is 0 Å². The Hall–Kier alpha value is -1.82. The van der Waals surface area contributed by atoms with Gasteiger partial charge in [0.15, 0.2) is 0 Å². The minimum absolute atomic E-state index is 0.0335. The van der Waals surface area contributed by atoms with Crippen molar-refractivity contribution in [2.45, 2.75) is 6.42 Å². The lowest BCUT2D eigenvalue weighted by molar-refractivity contribution is -0.117. The lowest BCUT2D eigenvalue weighted by atomic mass is 10.3. The zero-order chi connectivity index (χ0) is 12.1. The molecule has 1 heterocycles. The summed E-state index contributed by atoms with van der Waals surface area (Å²) < 4.78 is 0. The van der Waals surface area contributed by atoms with Crippen molar-refractivity contribution in [1.82, 2.24) is 10.3 Å². The minimum atomic E-state index is -0.494. The lowest BCUT2D eigenvalue weighted by Gasteiger charge is -2.05. The van der Waals surface area contributed by atoms with Crippen LogP contribution in [0.4, 0.5) is 5.82 Å². The van der Waals surface area contributed by atoms with E-state index >= 15 is 0 Å². The normalized spacial score (nSPS) is 9.81. The Morgan fingerprint density at radius 2 is 2.12 bits per heavy atom. The van der Waals surface area contributed by atoms with Gasteiger partial charge >= 0.3 is 0 Å². The number of aromatic nitrogens is 1. The zero-order valence-corrected chi connectivity index (χ0v) is 9.12. The van der Waals surface area contributed by atoms with Gasteiger partial charge in [0.25, 0.3) is 5.91 Å². The first-order valence-electron chi connectivity index (χ1n) is 4.49. The van der Waals surface area contributed by atoms with E-state index in [2.05, 4.69) is 10.3 Å². The summed E-state index contributed by atoms with van der Waals surface area (Å²) in [4.78, 5) is 25.8. The van der Waals surface area contributed by atoms with E-state index in [9.17, 15) is 9.59 Å². The molecule has 1 aromatic heterocycles. The molecule has 1 rings (SSSR count). The lowest BCUT2D eigenvalue weighted by Crippen LogP contribution is -2.28. The molecule has 0 aliphatic carbocycles. The molecule has 0 aliphatic heterocycles. The van der Waals surface area contributed by atoms with E-state index in [1.54, 1.807) is 0 Å². The first-order valence-corrected chi connectivity index (χ1v) is 4.87. The average molecular weight is 243 g/mol. The number of hydrogen-bond donors (Lipinski definition) is 3. The Morgan fingerprint density at radius 3 is 2.75 bits per heavy atom. The number of amides is 2. The second kappa shape index (κ2) is 5.32. The van der Waals surface area contributed by atoms with Crippen molar-refractivity contribution in [3.05, 3.63) is 22.8 Å². The predicted octanol–water partition coefficient (Wildman–Crippen LogP) is -0.0776. The summed E-state index contributed by atoms with van der Waals surface area (Å²) in [6.07, 6.45) is 0.0612. The molecule has 86 valence electrons. The van der Waals surface area contributed by atoms with Gasteiger partial charge in [-0.05, 0) is 12.1 Å². The van der Waals surface area contributed by atoms with Gasteiger partial charge in [0.05, 0.1) is 5.02 Å². The number of carbonyl (C=O) groups is 2. The van der Waals surface area contributed by atoms with Crippen LogP contribution in [0.5, 0.6) is 0 Å². The Morgan fingerprint density at radius 1 is 1.44 bits per heavy atom. The van der Waals surface area contributed by atoms with Gasteiger partial charge in [0, 0.05) is 13.0 Å². The summed E-state index contributed by atoms with van der Waals surface area (Å²) >= 11 is 5.76. The molecular weight excluding hydrogens is 232 g/mol. The van der Waals surface area contributed by atoms with E-state index in [1.165, 1.54) is 12.1 Å². The van der Waals surface area contributed by atoms with Crippen molar-refractivity contribution in [3.8, 4) is 0 Å². The number of carbonyl (C=O) groups excluding carboxylic acids is 2. The highest BCUT2D eigenvalue weighted by molar-refractivity contribution is 6.33. The molecular formula is C9H11ClN4O2. The number of hydrogen-bond acceptors (Lipinski definition) is 4. The monoisotopic (exact) mass is 242 g/mol. The van der Waals surface area contributed by atoms with Crippen molar-refractivity contribution in [2.24, 2.45) is 5.73 Å². The van der Waals surface area contributed by atoms with Gasteiger partial charge < -0.3 is 16.8 Å². The van der Waals surface area contributed by atoms with Gasteiger partial charge in [0.1, 0.15) is 11.5 Å². The molecule has 0 aromatic carbocycles. The first kappa shape index (κ1) is 12.3. The molecule has 0 atom stereocenters. The minimum Gasteiger partial charge on any atom is -0.384 e. The summed E-state index contributed by atoms with van der Waals surface area (Å²) in [5.41, 5.74) is 10.4. The molecule has 0 unspecified atom stereocenters. The molecule has 16 heavy (non-hydrogen) atoms. The molecule has 5 N–H and O–H groups in total. The summed E-state index contributed by atoms with van der Waals surface area (Å²) in [6, 6.07) is 2.97. The smallest absolute Gasteiger partial charge is 0.271 e. The van der Waals surface area contributed by atoms with E-state index < -0.39 is 11.8 Å². The molecule has 0 spiro atoms. The third-order valence-corrected chi connectivity index (χ3v) is 2.04. The Balaban J connectivity index is 2.65. The second-order valence-electron chi connectivity index (χ2n) is 3.04. The van der Waals surface area contributed by atoms with Crippen LogP contribution in [0.25, 0.3) is 0 Å². The maximum Gasteiger partial charge on any atom is 0.271 e. The third kappa shape index (κ3) is 3.39. The zero-order valence-electron chi connectivity index (χ0n) is 8.37. The summed E-state index contributed by atoms with van der Waals surface area (Å²) in [7, 11) is 0. The van der Waals surface area contributed by atoms with E-state index in [0.29, 0.717) is 0 Å². The fourth-order valence-corrected chi connectivity index (χ4v) is 1.19. The van der Waals surface area contributed by atoms with Crippen LogP contribution in [0.3, 0.4) is 0 Å². The van der Waals surface area contributed by atoms with Gasteiger partial charge in [0.2, 0.25) is 5.91 Å². The maximum atomic E-state index is 11.5. The second-order valence-corrected chi connectivity index (χ2v) is 3.45. The van der Waals surface area contributed by atoms with E-state index in [1.807, 2.05) is 0 Å². The van der Waals surface area contributed by atoms with Crippen LogP contribution in [0.15, 0.2) is 12.1 Å². The number of halogens is 1. The van der Waals surface area contributed by atoms with Crippen LogP contribution in [-0.4, -0.2) is 23.3 Å². The Labute approximate surface area is 97.0 Å². The quantitative estimate of drug-likeness (QED) is 0.686. The molecule has 0 radical (unpaired) electrons. The first-order chi connectivity index (χ1) is 7.50. The number of anilines is 1. The Bertz CT molecular complexity index is 422. The fraction of sp³-hybridized carbons (Fsp3) is 0.222. The van der Waals surface area contributed by atoms with E-state index in [4.69, 9.17) is 23.1 Å². The van der Waals surface area contributed by atoms with Crippen LogP contribution in [0.2, 0.25) is 5.02 Å². The maximum absolute atomic E-state index is 11.5. The van der Waals surface area contributed by atoms with Crippen molar-refractivity contribution in [1.29, 1.82) is 0 Å². The van der Waals surface area contributed by atoms with Gasteiger partial charge in [-0.3, -0.25) is 9.59 Å².